The van der Waals surface area contributed by atoms with Gasteiger partial charge in [-0.25, -0.2) is 4.98 Å². The summed E-state index contributed by atoms with van der Waals surface area (Å²) in [6.45, 7) is 0. The Labute approximate surface area is 133 Å². The summed E-state index contributed by atoms with van der Waals surface area (Å²) in [4.78, 5) is 27.9. The van der Waals surface area contributed by atoms with Crippen LogP contribution in [0.3, 0.4) is 0 Å². The lowest BCUT2D eigenvalue weighted by molar-refractivity contribution is -0.118. The van der Waals surface area contributed by atoms with Gasteiger partial charge in [-0.15, -0.1) is 0 Å². The van der Waals surface area contributed by atoms with Crippen molar-refractivity contribution < 1.29 is 9.59 Å². The maximum Gasteiger partial charge on any atom is 0.260 e. The van der Waals surface area contributed by atoms with Crippen LogP contribution in [0.15, 0.2) is 34.9 Å². The van der Waals surface area contributed by atoms with Crippen LogP contribution in [0.2, 0.25) is 0 Å². The summed E-state index contributed by atoms with van der Waals surface area (Å²) in [5.74, 6) is -0.632. The minimum atomic E-state index is -0.541. The summed E-state index contributed by atoms with van der Waals surface area (Å²) in [6, 6.07) is 7.76. The van der Waals surface area contributed by atoms with Crippen molar-refractivity contribution in [1.82, 2.24) is 4.98 Å². The molecule has 1 aromatic carbocycles. The molecule has 0 saturated heterocycles. The molecule has 2 aromatic rings. The van der Waals surface area contributed by atoms with E-state index < -0.39 is 11.3 Å². The number of nitrogens with two attached hydrogens (primary N) is 1. The van der Waals surface area contributed by atoms with E-state index in [1.165, 1.54) is 6.20 Å². The SMILES string of the molecule is NC(=O)c1cnc(NC(=O)C2(c3cccc(Br)c3)CC2)s1. The Balaban J connectivity index is 1.80. The fourth-order valence-electron chi connectivity index (χ4n) is 2.22. The number of anilines is 1. The molecule has 0 spiro atoms. The van der Waals surface area contributed by atoms with Gasteiger partial charge in [-0.05, 0) is 30.5 Å². The van der Waals surface area contributed by atoms with Gasteiger partial charge in [-0.3, -0.25) is 9.59 Å². The molecule has 1 aliphatic carbocycles. The molecule has 2 amide bonds. The molecule has 1 aromatic heterocycles. The number of benzene rings is 1. The second-order valence-corrected chi connectivity index (χ2v) is 6.89. The van der Waals surface area contributed by atoms with E-state index in [1.807, 2.05) is 24.3 Å². The number of nitrogens with one attached hydrogen (secondary N) is 1. The molecule has 0 atom stereocenters. The topological polar surface area (TPSA) is 85.1 Å². The lowest BCUT2D eigenvalue weighted by Gasteiger charge is -2.14. The van der Waals surface area contributed by atoms with Crippen LogP contribution in [0, 0.1) is 0 Å². The summed E-state index contributed by atoms with van der Waals surface area (Å²) in [5.41, 5.74) is 5.68. The Kier molecular flexibility index (Phi) is 3.54. The van der Waals surface area contributed by atoms with E-state index in [2.05, 4.69) is 26.2 Å². The second-order valence-electron chi connectivity index (χ2n) is 4.94. The van der Waals surface area contributed by atoms with E-state index in [1.54, 1.807) is 0 Å². The zero-order valence-corrected chi connectivity index (χ0v) is 13.3. The van der Waals surface area contributed by atoms with Crippen LogP contribution in [0.1, 0.15) is 28.1 Å². The molecule has 0 aliphatic heterocycles. The Morgan fingerprint density at radius 3 is 2.71 bits per heavy atom. The summed E-state index contributed by atoms with van der Waals surface area (Å²) in [5, 5.41) is 3.18. The highest BCUT2D eigenvalue weighted by Crippen LogP contribution is 2.49. The molecule has 0 radical (unpaired) electrons. The minimum Gasteiger partial charge on any atom is -0.365 e. The Morgan fingerprint density at radius 2 is 2.14 bits per heavy atom. The van der Waals surface area contributed by atoms with Gasteiger partial charge in [0.2, 0.25) is 5.91 Å². The first kappa shape index (κ1) is 14.2. The molecule has 0 unspecified atom stereocenters. The standard InChI is InChI=1S/C14H12BrN3O2S/c15-9-3-1-2-8(6-9)14(4-5-14)12(20)18-13-17-7-10(21-13)11(16)19/h1-3,6-7H,4-5H2,(H2,16,19)(H,17,18,20). The van der Waals surface area contributed by atoms with Crippen LogP contribution in [0.5, 0.6) is 0 Å². The van der Waals surface area contributed by atoms with Crippen molar-refractivity contribution in [3.63, 3.8) is 0 Å². The smallest absolute Gasteiger partial charge is 0.260 e. The molecule has 3 rings (SSSR count). The van der Waals surface area contributed by atoms with Gasteiger partial charge in [0.15, 0.2) is 5.13 Å². The lowest BCUT2D eigenvalue weighted by atomic mass is 9.95. The Hall–Kier alpha value is -1.73. The third-order valence-corrected chi connectivity index (χ3v) is 4.95. The fourth-order valence-corrected chi connectivity index (χ4v) is 3.28. The van der Waals surface area contributed by atoms with Crippen molar-refractivity contribution in [2.45, 2.75) is 18.3 Å². The highest BCUT2D eigenvalue weighted by Gasteiger charge is 2.51. The maximum absolute atomic E-state index is 12.5. The number of thiazole rings is 1. The molecule has 5 nitrogen and oxygen atoms in total. The molecule has 1 heterocycles. The molecule has 1 fully saturated rings. The van der Waals surface area contributed by atoms with Gasteiger partial charge < -0.3 is 11.1 Å². The largest absolute Gasteiger partial charge is 0.365 e. The minimum absolute atomic E-state index is 0.0917. The van der Waals surface area contributed by atoms with Crippen LogP contribution in [0.25, 0.3) is 0 Å². The van der Waals surface area contributed by atoms with Crippen molar-refractivity contribution in [1.29, 1.82) is 0 Å². The van der Waals surface area contributed by atoms with Crippen LogP contribution in [-0.4, -0.2) is 16.8 Å². The number of hydrogen-bond donors (Lipinski definition) is 2. The van der Waals surface area contributed by atoms with E-state index in [9.17, 15) is 9.59 Å². The first-order chi connectivity index (χ1) is 10.0. The maximum atomic E-state index is 12.5. The quantitative estimate of drug-likeness (QED) is 0.873. The highest BCUT2D eigenvalue weighted by molar-refractivity contribution is 9.10. The highest BCUT2D eigenvalue weighted by atomic mass is 79.9. The van der Waals surface area contributed by atoms with E-state index in [0.717, 1.165) is 34.2 Å². The number of hydrogen-bond acceptors (Lipinski definition) is 4. The number of rotatable bonds is 4. The van der Waals surface area contributed by atoms with Crippen LogP contribution in [-0.2, 0) is 10.2 Å². The third-order valence-electron chi connectivity index (χ3n) is 3.53. The number of halogens is 1. The predicted molar refractivity (Wildman–Crippen MR) is 84.3 cm³/mol. The van der Waals surface area contributed by atoms with E-state index in [4.69, 9.17) is 5.73 Å². The number of carbonyl (C=O) groups is 2. The molecule has 3 N–H and O–H groups in total. The van der Waals surface area contributed by atoms with Gasteiger partial charge in [-0.2, -0.15) is 0 Å². The second kappa shape index (κ2) is 5.23. The summed E-state index contributed by atoms with van der Waals surface area (Å²) in [6.07, 6.45) is 2.99. The molecule has 1 aliphatic rings. The summed E-state index contributed by atoms with van der Waals surface area (Å²) < 4.78 is 0.948. The van der Waals surface area contributed by atoms with Crippen molar-refractivity contribution in [2.24, 2.45) is 5.73 Å². The average molecular weight is 366 g/mol. The first-order valence-electron chi connectivity index (χ1n) is 6.34. The molecule has 7 heteroatoms. The molecular weight excluding hydrogens is 354 g/mol. The van der Waals surface area contributed by atoms with Crippen LogP contribution >= 0.6 is 27.3 Å². The number of primary amides is 1. The first-order valence-corrected chi connectivity index (χ1v) is 7.95. The molecule has 108 valence electrons. The zero-order chi connectivity index (χ0) is 15.0. The van der Waals surface area contributed by atoms with Crippen molar-refractivity contribution in [2.75, 3.05) is 5.32 Å². The fraction of sp³-hybridized carbons (Fsp3) is 0.214. The van der Waals surface area contributed by atoms with Crippen molar-refractivity contribution in [3.05, 3.63) is 45.4 Å². The van der Waals surface area contributed by atoms with Crippen molar-refractivity contribution in [3.8, 4) is 0 Å². The van der Waals surface area contributed by atoms with Gasteiger partial charge in [0.05, 0.1) is 11.6 Å². The average Bonchev–Trinajstić information content (AvgIpc) is 3.13. The van der Waals surface area contributed by atoms with E-state index in [-0.39, 0.29) is 5.91 Å². The predicted octanol–water partition coefficient (Wildman–Crippen LogP) is 2.67. The number of carbonyl (C=O) groups excluding carboxylic acids is 2. The number of amides is 2. The third kappa shape index (κ3) is 2.71. The summed E-state index contributed by atoms with van der Waals surface area (Å²) >= 11 is 4.51. The zero-order valence-electron chi connectivity index (χ0n) is 10.9. The lowest BCUT2D eigenvalue weighted by Crippen LogP contribution is -2.27. The van der Waals surface area contributed by atoms with Crippen molar-refractivity contribution >= 4 is 44.2 Å². The van der Waals surface area contributed by atoms with Crippen LogP contribution in [0.4, 0.5) is 5.13 Å². The van der Waals surface area contributed by atoms with E-state index >= 15 is 0 Å². The monoisotopic (exact) mass is 365 g/mol. The normalized spacial score (nSPS) is 15.5. The van der Waals surface area contributed by atoms with Gasteiger partial charge in [0.1, 0.15) is 4.88 Å². The molecule has 21 heavy (non-hydrogen) atoms. The van der Waals surface area contributed by atoms with Crippen LogP contribution < -0.4 is 11.1 Å². The molecule has 0 bridgehead atoms. The number of aromatic nitrogens is 1. The summed E-state index contributed by atoms with van der Waals surface area (Å²) in [7, 11) is 0. The van der Waals surface area contributed by atoms with Gasteiger partial charge in [0.25, 0.3) is 5.91 Å². The van der Waals surface area contributed by atoms with Gasteiger partial charge in [0, 0.05) is 4.47 Å². The molecular formula is C14H12BrN3O2S. The van der Waals surface area contributed by atoms with Gasteiger partial charge >= 0.3 is 0 Å². The Bertz CT molecular complexity index is 725. The number of nitrogens with zero attached hydrogens (tertiary/aromatic N) is 1. The Morgan fingerprint density at radius 1 is 1.38 bits per heavy atom. The van der Waals surface area contributed by atoms with E-state index in [0.29, 0.717) is 10.0 Å². The molecule has 1 saturated carbocycles. The van der Waals surface area contributed by atoms with Gasteiger partial charge in [-0.1, -0.05) is 39.4 Å².